The summed E-state index contributed by atoms with van der Waals surface area (Å²) in [6.45, 7) is 4.96. The van der Waals surface area contributed by atoms with E-state index in [1.165, 1.54) is 5.56 Å². The fourth-order valence-electron chi connectivity index (χ4n) is 2.27. The van der Waals surface area contributed by atoms with Crippen LogP contribution in [0.4, 0.5) is 0 Å². The van der Waals surface area contributed by atoms with E-state index < -0.39 is 0 Å². The molecule has 0 saturated carbocycles. The van der Waals surface area contributed by atoms with Crippen molar-refractivity contribution in [2.75, 3.05) is 13.6 Å². The number of rotatable bonds is 5. The largest absolute Gasteiger partial charge is 0.345 e. The van der Waals surface area contributed by atoms with E-state index in [1.54, 1.807) is 4.90 Å². The second-order valence-corrected chi connectivity index (χ2v) is 5.20. The van der Waals surface area contributed by atoms with Crippen LogP contribution < -0.4 is 0 Å². The molecule has 0 saturated heterocycles. The first-order valence-electron chi connectivity index (χ1n) is 7.09. The zero-order valence-electron chi connectivity index (χ0n) is 12.5. The molecule has 0 unspecified atom stereocenters. The average Bonchev–Trinajstić information content (AvgIpc) is 2.88. The van der Waals surface area contributed by atoms with Crippen molar-refractivity contribution in [1.82, 2.24) is 9.47 Å². The summed E-state index contributed by atoms with van der Waals surface area (Å²) in [6.07, 6.45) is 3.44. The summed E-state index contributed by atoms with van der Waals surface area (Å²) in [5.74, 6) is 0.166. The van der Waals surface area contributed by atoms with E-state index in [2.05, 4.69) is 42.7 Å². The van der Waals surface area contributed by atoms with Crippen LogP contribution in [0.5, 0.6) is 0 Å². The van der Waals surface area contributed by atoms with Gasteiger partial charge in [-0.3, -0.25) is 4.79 Å². The number of carbonyl (C=O) groups is 1. The van der Waals surface area contributed by atoms with Crippen LogP contribution in [0, 0.1) is 6.92 Å². The Bertz CT molecular complexity index is 569. The number of amides is 1. The maximum atomic E-state index is 12.2. The summed E-state index contributed by atoms with van der Waals surface area (Å²) in [4.78, 5) is 13.9. The van der Waals surface area contributed by atoms with E-state index in [4.69, 9.17) is 0 Å². The molecule has 3 nitrogen and oxygen atoms in total. The molecule has 2 aromatic rings. The summed E-state index contributed by atoms with van der Waals surface area (Å²) < 4.78 is 2.08. The minimum Gasteiger partial charge on any atom is -0.345 e. The molecular formula is C17H22N2O. The highest BCUT2D eigenvalue weighted by Gasteiger charge is 2.12. The van der Waals surface area contributed by atoms with Gasteiger partial charge in [-0.05, 0) is 37.6 Å². The number of aromatic nitrogens is 1. The summed E-state index contributed by atoms with van der Waals surface area (Å²) in [5.41, 5.74) is 3.37. The second-order valence-electron chi connectivity index (χ2n) is 5.20. The lowest BCUT2D eigenvalue weighted by Gasteiger charge is -2.17. The van der Waals surface area contributed by atoms with Gasteiger partial charge in [-0.2, -0.15) is 0 Å². The van der Waals surface area contributed by atoms with Gasteiger partial charge < -0.3 is 9.47 Å². The summed E-state index contributed by atoms with van der Waals surface area (Å²) in [7, 11) is 1.87. The van der Waals surface area contributed by atoms with Crippen molar-refractivity contribution in [3.63, 3.8) is 0 Å². The number of nitrogens with zero attached hydrogens (tertiary/aromatic N) is 2. The van der Waals surface area contributed by atoms with Crippen LogP contribution in [-0.4, -0.2) is 29.0 Å². The Kier molecular flexibility index (Phi) is 4.61. The van der Waals surface area contributed by atoms with Crippen LogP contribution >= 0.6 is 0 Å². The number of likely N-dealkylation sites (N-methyl/N-ethyl adjacent to an activating group) is 1. The van der Waals surface area contributed by atoms with E-state index in [-0.39, 0.29) is 5.91 Å². The minimum atomic E-state index is 0.166. The highest BCUT2D eigenvalue weighted by molar-refractivity contribution is 5.78. The molecule has 1 amide bonds. The molecule has 0 radical (unpaired) electrons. The lowest BCUT2D eigenvalue weighted by Crippen LogP contribution is -2.29. The Balaban J connectivity index is 2.17. The molecular weight excluding hydrogens is 248 g/mol. The Hall–Kier alpha value is -2.03. The van der Waals surface area contributed by atoms with E-state index >= 15 is 0 Å². The maximum Gasteiger partial charge on any atom is 0.228 e. The van der Waals surface area contributed by atoms with Gasteiger partial charge in [-0.15, -0.1) is 0 Å². The van der Waals surface area contributed by atoms with Crippen molar-refractivity contribution in [3.8, 4) is 5.69 Å². The number of aryl methyl sites for hydroxylation is 1. The Morgan fingerprint density at radius 3 is 2.55 bits per heavy atom. The number of hydrogen-bond acceptors (Lipinski definition) is 1. The minimum absolute atomic E-state index is 0.166. The molecule has 0 spiro atoms. The second kappa shape index (κ2) is 6.42. The van der Waals surface area contributed by atoms with Gasteiger partial charge in [0.15, 0.2) is 0 Å². The summed E-state index contributed by atoms with van der Waals surface area (Å²) >= 11 is 0. The van der Waals surface area contributed by atoms with Gasteiger partial charge in [0.1, 0.15) is 0 Å². The zero-order chi connectivity index (χ0) is 14.5. The summed E-state index contributed by atoms with van der Waals surface area (Å²) in [5, 5.41) is 0. The van der Waals surface area contributed by atoms with Crippen LogP contribution in [0.1, 0.15) is 24.6 Å². The number of carbonyl (C=O) groups excluding carboxylic acids is 1. The van der Waals surface area contributed by atoms with Gasteiger partial charge in [0.2, 0.25) is 5.91 Å². The van der Waals surface area contributed by atoms with Crippen LogP contribution in [0.15, 0.2) is 42.6 Å². The first kappa shape index (κ1) is 14.4. The van der Waals surface area contributed by atoms with Gasteiger partial charge in [0.25, 0.3) is 0 Å². The third-order valence-corrected chi connectivity index (χ3v) is 3.46. The van der Waals surface area contributed by atoms with E-state index in [9.17, 15) is 4.79 Å². The van der Waals surface area contributed by atoms with E-state index in [0.717, 1.165) is 24.3 Å². The normalized spacial score (nSPS) is 10.6. The van der Waals surface area contributed by atoms with Crippen molar-refractivity contribution in [2.45, 2.75) is 26.7 Å². The smallest absolute Gasteiger partial charge is 0.228 e. The van der Waals surface area contributed by atoms with Crippen LogP contribution in [0.3, 0.4) is 0 Å². The maximum absolute atomic E-state index is 12.2. The van der Waals surface area contributed by atoms with Crippen molar-refractivity contribution in [1.29, 1.82) is 0 Å². The van der Waals surface area contributed by atoms with Crippen molar-refractivity contribution in [3.05, 3.63) is 53.9 Å². The standard InChI is InChI=1S/C17H22N2O/c1-4-11-18(3)17(20)13-16-6-5-12-19(16)15-9-7-14(2)8-10-15/h5-10,12H,4,11,13H2,1-3H3. The number of benzene rings is 1. The fourth-order valence-corrected chi connectivity index (χ4v) is 2.27. The van der Waals surface area contributed by atoms with Crippen molar-refractivity contribution in [2.24, 2.45) is 0 Å². The highest BCUT2D eigenvalue weighted by Crippen LogP contribution is 2.14. The molecule has 0 N–H and O–H groups in total. The lowest BCUT2D eigenvalue weighted by molar-refractivity contribution is -0.129. The third kappa shape index (κ3) is 3.29. The quantitative estimate of drug-likeness (QED) is 0.819. The molecule has 1 aromatic heterocycles. The van der Waals surface area contributed by atoms with Crippen molar-refractivity contribution < 1.29 is 4.79 Å². The van der Waals surface area contributed by atoms with Gasteiger partial charge in [-0.1, -0.05) is 24.6 Å². The Morgan fingerprint density at radius 2 is 1.90 bits per heavy atom. The van der Waals surface area contributed by atoms with Crippen molar-refractivity contribution >= 4 is 5.91 Å². The van der Waals surface area contributed by atoms with E-state index in [0.29, 0.717) is 6.42 Å². The molecule has 106 valence electrons. The molecule has 0 atom stereocenters. The molecule has 0 aliphatic heterocycles. The molecule has 0 aliphatic carbocycles. The molecule has 0 fully saturated rings. The molecule has 0 aliphatic rings. The van der Waals surface area contributed by atoms with E-state index in [1.807, 2.05) is 25.4 Å². The van der Waals surface area contributed by atoms with Gasteiger partial charge in [0.05, 0.1) is 6.42 Å². The molecule has 1 heterocycles. The van der Waals surface area contributed by atoms with Crippen LogP contribution in [0.2, 0.25) is 0 Å². The highest BCUT2D eigenvalue weighted by atomic mass is 16.2. The monoisotopic (exact) mass is 270 g/mol. The number of hydrogen-bond donors (Lipinski definition) is 0. The molecule has 0 bridgehead atoms. The first-order chi connectivity index (χ1) is 9.61. The molecule has 2 rings (SSSR count). The predicted octanol–water partition coefficient (Wildman–Crippen LogP) is 3.20. The SMILES string of the molecule is CCCN(C)C(=O)Cc1cccn1-c1ccc(C)cc1. The van der Waals surface area contributed by atoms with Crippen LogP contribution in [0.25, 0.3) is 5.69 Å². The predicted molar refractivity (Wildman–Crippen MR) is 82.1 cm³/mol. The van der Waals surface area contributed by atoms with Crippen LogP contribution in [-0.2, 0) is 11.2 Å². The Labute approximate surface area is 120 Å². The van der Waals surface area contributed by atoms with Gasteiger partial charge in [0, 0.05) is 31.2 Å². The Morgan fingerprint density at radius 1 is 1.20 bits per heavy atom. The molecule has 1 aromatic carbocycles. The van der Waals surface area contributed by atoms with Gasteiger partial charge >= 0.3 is 0 Å². The topological polar surface area (TPSA) is 25.2 Å². The average molecular weight is 270 g/mol. The zero-order valence-corrected chi connectivity index (χ0v) is 12.5. The third-order valence-electron chi connectivity index (χ3n) is 3.46. The molecule has 3 heteroatoms. The lowest BCUT2D eigenvalue weighted by atomic mass is 10.2. The first-order valence-corrected chi connectivity index (χ1v) is 7.09. The fraction of sp³-hybridized carbons (Fsp3) is 0.353. The van der Waals surface area contributed by atoms with Gasteiger partial charge in [-0.25, -0.2) is 0 Å². The summed E-state index contributed by atoms with van der Waals surface area (Å²) in [6, 6.07) is 12.3. The molecule has 20 heavy (non-hydrogen) atoms.